The number of rotatable bonds is 6. The topological polar surface area (TPSA) is 76.7 Å². The predicted molar refractivity (Wildman–Crippen MR) is 95.6 cm³/mol. The van der Waals surface area contributed by atoms with E-state index in [0.29, 0.717) is 40.6 Å². The number of halogens is 1. The van der Waals surface area contributed by atoms with Crippen LogP contribution in [0.3, 0.4) is 0 Å². The molecule has 0 saturated heterocycles. The van der Waals surface area contributed by atoms with Gasteiger partial charge in [-0.05, 0) is 45.4 Å². The van der Waals surface area contributed by atoms with E-state index in [1.165, 1.54) is 0 Å². The molecule has 136 valence electrons. The van der Waals surface area contributed by atoms with Gasteiger partial charge in [0.2, 0.25) is 0 Å². The summed E-state index contributed by atoms with van der Waals surface area (Å²) in [6.07, 6.45) is 0.638. The molecule has 7 heteroatoms. The molecular formula is C18H23ClN2O4. The van der Waals surface area contributed by atoms with Crippen molar-refractivity contribution < 1.29 is 19.1 Å². The fraction of sp³-hybridized carbons (Fsp3) is 0.444. The molecule has 1 aromatic carbocycles. The van der Waals surface area contributed by atoms with E-state index in [-0.39, 0.29) is 6.10 Å². The number of benzene rings is 1. The number of carbonyl (C=O) groups is 2. The lowest BCUT2D eigenvalue weighted by atomic mass is 9.94. The van der Waals surface area contributed by atoms with E-state index in [2.05, 4.69) is 10.6 Å². The molecule has 25 heavy (non-hydrogen) atoms. The Morgan fingerprint density at radius 3 is 2.72 bits per heavy atom. The smallest absolute Gasteiger partial charge is 0.338 e. The highest BCUT2D eigenvalue weighted by atomic mass is 35.5. The number of carbonyl (C=O) groups excluding carboxylic acids is 2. The van der Waals surface area contributed by atoms with Crippen LogP contribution >= 0.6 is 11.6 Å². The zero-order valence-electron chi connectivity index (χ0n) is 14.8. The number of nitrogens with one attached hydrogen (secondary N) is 2. The standard InChI is InChI=1S/C18H23ClN2O4/c1-5-8-24-17(22)15-11(4)20-18(23)21-16(15)13-9-12(19)6-7-14(13)25-10(2)3/h6-7,9-10,16H,5,8H2,1-4H3,(H2,20,21,23). The molecule has 1 aliphatic heterocycles. The van der Waals surface area contributed by atoms with Gasteiger partial charge in [0, 0.05) is 16.3 Å². The zero-order valence-corrected chi connectivity index (χ0v) is 15.6. The SMILES string of the molecule is CCCOC(=O)C1=C(C)NC(=O)NC1c1cc(Cl)ccc1OC(C)C. The van der Waals surface area contributed by atoms with Crippen molar-refractivity contribution in [2.75, 3.05) is 6.61 Å². The van der Waals surface area contributed by atoms with Crippen LogP contribution in [0.15, 0.2) is 29.5 Å². The number of ether oxygens (including phenoxy) is 2. The molecule has 2 amide bonds. The van der Waals surface area contributed by atoms with Crippen LogP contribution in [-0.2, 0) is 9.53 Å². The minimum atomic E-state index is -0.703. The quantitative estimate of drug-likeness (QED) is 0.752. The van der Waals surface area contributed by atoms with Gasteiger partial charge in [-0.3, -0.25) is 0 Å². The Morgan fingerprint density at radius 2 is 2.08 bits per heavy atom. The minimum absolute atomic E-state index is 0.0714. The molecule has 0 radical (unpaired) electrons. The number of hydrogen-bond donors (Lipinski definition) is 2. The van der Waals surface area contributed by atoms with Gasteiger partial charge in [-0.1, -0.05) is 18.5 Å². The molecule has 2 rings (SSSR count). The van der Waals surface area contributed by atoms with Gasteiger partial charge in [-0.25, -0.2) is 9.59 Å². The lowest BCUT2D eigenvalue weighted by Crippen LogP contribution is -2.45. The molecule has 0 spiro atoms. The van der Waals surface area contributed by atoms with E-state index in [4.69, 9.17) is 21.1 Å². The molecule has 1 aromatic rings. The van der Waals surface area contributed by atoms with E-state index >= 15 is 0 Å². The number of amides is 2. The van der Waals surface area contributed by atoms with Gasteiger partial charge in [0.25, 0.3) is 0 Å². The zero-order chi connectivity index (χ0) is 18.6. The van der Waals surface area contributed by atoms with Crippen LogP contribution in [0.4, 0.5) is 4.79 Å². The number of hydrogen-bond acceptors (Lipinski definition) is 4. The lowest BCUT2D eigenvalue weighted by molar-refractivity contribution is -0.139. The summed E-state index contributed by atoms with van der Waals surface area (Å²) in [5.41, 5.74) is 1.40. The maximum Gasteiger partial charge on any atom is 0.338 e. The summed E-state index contributed by atoms with van der Waals surface area (Å²) in [6, 6.07) is 4.03. The van der Waals surface area contributed by atoms with E-state index in [9.17, 15) is 9.59 Å². The van der Waals surface area contributed by atoms with E-state index in [1.807, 2.05) is 20.8 Å². The summed E-state index contributed by atoms with van der Waals surface area (Å²) in [4.78, 5) is 24.5. The van der Waals surface area contributed by atoms with Gasteiger partial charge in [0.1, 0.15) is 5.75 Å². The fourth-order valence-electron chi connectivity index (χ4n) is 2.58. The third-order valence-corrected chi connectivity index (χ3v) is 3.81. The average Bonchev–Trinajstić information content (AvgIpc) is 2.53. The Bertz CT molecular complexity index is 700. The molecule has 0 aromatic heterocycles. The predicted octanol–water partition coefficient (Wildman–Crippen LogP) is 3.71. The maximum atomic E-state index is 12.5. The van der Waals surface area contributed by atoms with Gasteiger partial charge in [0.05, 0.1) is 24.3 Å². The summed E-state index contributed by atoms with van der Waals surface area (Å²) in [6.45, 7) is 7.69. The van der Waals surface area contributed by atoms with Gasteiger partial charge in [-0.2, -0.15) is 0 Å². The van der Waals surface area contributed by atoms with Crippen LogP contribution in [-0.4, -0.2) is 24.7 Å². The van der Waals surface area contributed by atoms with Gasteiger partial charge >= 0.3 is 12.0 Å². The average molecular weight is 367 g/mol. The summed E-state index contributed by atoms with van der Waals surface area (Å²) in [5, 5.41) is 5.86. The van der Waals surface area contributed by atoms with Crippen LogP contribution in [0, 0.1) is 0 Å². The summed E-state index contributed by atoms with van der Waals surface area (Å²) in [7, 11) is 0. The highest BCUT2D eigenvalue weighted by molar-refractivity contribution is 6.30. The normalized spacial score (nSPS) is 17.2. The van der Waals surface area contributed by atoms with Crippen molar-refractivity contribution in [3.05, 3.63) is 40.1 Å². The Kier molecular flexibility index (Phi) is 6.31. The van der Waals surface area contributed by atoms with Crippen LogP contribution in [0.2, 0.25) is 5.02 Å². The van der Waals surface area contributed by atoms with Gasteiger partial charge < -0.3 is 20.1 Å². The first-order valence-electron chi connectivity index (χ1n) is 8.25. The third-order valence-electron chi connectivity index (χ3n) is 3.57. The lowest BCUT2D eigenvalue weighted by Gasteiger charge is -2.29. The fourth-order valence-corrected chi connectivity index (χ4v) is 2.76. The summed E-state index contributed by atoms with van der Waals surface area (Å²) >= 11 is 6.14. The molecular weight excluding hydrogens is 344 g/mol. The Balaban J connectivity index is 2.50. The van der Waals surface area contributed by atoms with Crippen molar-refractivity contribution in [2.45, 2.75) is 46.3 Å². The molecule has 1 aliphatic rings. The van der Waals surface area contributed by atoms with Crippen LogP contribution in [0.25, 0.3) is 0 Å². The number of esters is 1. The van der Waals surface area contributed by atoms with Crippen LogP contribution in [0.5, 0.6) is 5.75 Å². The highest BCUT2D eigenvalue weighted by Gasteiger charge is 2.34. The summed E-state index contributed by atoms with van der Waals surface area (Å²) < 4.78 is 11.1. The number of allylic oxidation sites excluding steroid dienone is 1. The highest BCUT2D eigenvalue weighted by Crippen LogP contribution is 2.35. The first-order chi connectivity index (χ1) is 11.8. The van der Waals surface area contributed by atoms with Crippen molar-refractivity contribution in [1.29, 1.82) is 0 Å². The minimum Gasteiger partial charge on any atom is -0.491 e. The van der Waals surface area contributed by atoms with Crippen LogP contribution in [0.1, 0.15) is 45.7 Å². The second kappa shape index (κ2) is 8.25. The maximum absolute atomic E-state index is 12.5. The largest absolute Gasteiger partial charge is 0.491 e. The Labute approximate surface area is 152 Å². The number of urea groups is 1. The van der Waals surface area contributed by atoms with Crippen molar-refractivity contribution in [2.24, 2.45) is 0 Å². The Hall–Kier alpha value is -2.21. The molecule has 0 aliphatic carbocycles. The van der Waals surface area contributed by atoms with Crippen molar-refractivity contribution in [3.63, 3.8) is 0 Å². The van der Waals surface area contributed by atoms with Crippen molar-refractivity contribution in [1.82, 2.24) is 10.6 Å². The third kappa shape index (κ3) is 4.66. The molecule has 0 fully saturated rings. The molecule has 1 atom stereocenters. The molecule has 2 N–H and O–H groups in total. The first kappa shape index (κ1) is 19.1. The monoisotopic (exact) mass is 366 g/mol. The van der Waals surface area contributed by atoms with E-state index in [0.717, 1.165) is 0 Å². The molecule has 0 saturated carbocycles. The second-order valence-electron chi connectivity index (χ2n) is 6.05. The molecule has 6 nitrogen and oxygen atoms in total. The van der Waals surface area contributed by atoms with Gasteiger partial charge in [0.15, 0.2) is 0 Å². The summed E-state index contributed by atoms with van der Waals surface area (Å²) in [5.74, 6) is 0.0764. The van der Waals surface area contributed by atoms with E-state index < -0.39 is 18.0 Å². The van der Waals surface area contributed by atoms with Crippen molar-refractivity contribution in [3.8, 4) is 5.75 Å². The Morgan fingerprint density at radius 1 is 1.36 bits per heavy atom. The second-order valence-corrected chi connectivity index (χ2v) is 6.49. The van der Waals surface area contributed by atoms with Crippen molar-refractivity contribution >= 4 is 23.6 Å². The van der Waals surface area contributed by atoms with Crippen LogP contribution < -0.4 is 15.4 Å². The molecule has 1 unspecified atom stereocenters. The van der Waals surface area contributed by atoms with Gasteiger partial charge in [-0.15, -0.1) is 0 Å². The molecule has 1 heterocycles. The van der Waals surface area contributed by atoms with E-state index in [1.54, 1.807) is 25.1 Å². The molecule has 0 bridgehead atoms. The first-order valence-corrected chi connectivity index (χ1v) is 8.62.